The van der Waals surface area contributed by atoms with Crippen molar-refractivity contribution < 1.29 is 55.6 Å². The Morgan fingerprint density at radius 1 is 1.17 bits per heavy atom. The second kappa shape index (κ2) is 10.4. The molecule has 0 bridgehead atoms. The first kappa shape index (κ1) is 25.4. The van der Waals surface area contributed by atoms with Gasteiger partial charge in [0.1, 0.15) is 11.9 Å². The molecule has 2 unspecified atom stereocenters. The van der Waals surface area contributed by atoms with Gasteiger partial charge in [-0.1, -0.05) is 0 Å². The Hall–Kier alpha value is -2.61. The SMILES string of the molecule is O=C(O)C(F)(F)F.O=C(O)C(F)(F)F.c1cncc(OC2COC3(CCNC3)C2)c1. The first-order chi connectivity index (χ1) is 13.8. The summed E-state index contributed by atoms with van der Waals surface area (Å²) in [5.74, 6) is -4.68. The van der Waals surface area contributed by atoms with Gasteiger partial charge in [0.2, 0.25) is 0 Å². The van der Waals surface area contributed by atoms with Crippen LogP contribution in [-0.2, 0) is 14.3 Å². The van der Waals surface area contributed by atoms with Crippen LogP contribution >= 0.6 is 0 Å². The fourth-order valence-corrected chi connectivity index (χ4v) is 2.51. The van der Waals surface area contributed by atoms with E-state index in [9.17, 15) is 26.3 Å². The van der Waals surface area contributed by atoms with E-state index in [2.05, 4.69) is 10.3 Å². The Morgan fingerprint density at radius 3 is 2.13 bits per heavy atom. The van der Waals surface area contributed by atoms with Crippen molar-refractivity contribution in [2.75, 3.05) is 19.7 Å². The number of carboxylic acids is 2. The lowest BCUT2D eigenvalue weighted by molar-refractivity contribution is -0.193. The zero-order valence-electron chi connectivity index (χ0n) is 15.2. The van der Waals surface area contributed by atoms with Crippen LogP contribution in [0.15, 0.2) is 24.5 Å². The van der Waals surface area contributed by atoms with E-state index >= 15 is 0 Å². The number of halogens is 6. The van der Waals surface area contributed by atoms with Gasteiger partial charge in [-0.05, 0) is 25.1 Å². The Kier molecular flexibility index (Phi) is 8.84. The molecular formula is C16H18F6N2O6. The number of alkyl halides is 6. The summed E-state index contributed by atoms with van der Waals surface area (Å²) in [4.78, 5) is 21.8. The predicted molar refractivity (Wildman–Crippen MR) is 86.8 cm³/mol. The van der Waals surface area contributed by atoms with Crippen molar-refractivity contribution in [3.05, 3.63) is 24.5 Å². The molecule has 0 aliphatic carbocycles. The molecule has 14 heteroatoms. The van der Waals surface area contributed by atoms with Crippen LogP contribution in [0.4, 0.5) is 26.3 Å². The summed E-state index contributed by atoms with van der Waals surface area (Å²) in [6.07, 6.45) is -4.42. The minimum Gasteiger partial charge on any atom is -0.486 e. The molecule has 0 saturated carbocycles. The van der Waals surface area contributed by atoms with Gasteiger partial charge in [0.25, 0.3) is 0 Å². The number of pyridine rings is 1. The zero-order valence-corrected chi connectivity index (χ0v) is 15.2. The maximum atomic E-state index is 10.6. The number of nitrogens with zero attached hydrogens (tertiary/aromatic N) is 1. The lowest BCUT2D eigenvalue weighted by Gasteiger charge is -2.20. The highest BCUT2D eigenvalue weighted by atomic mass is 19.4. The van der Waals surface area contributed by atoms with Gasteiger partial charge in [0.15, 0.2) is 0 Å². The number of ether oxygens (including phenoxy) is 2. The maximum Gasteiger partial charge on any atom is 0.490 e. The highest BCUT2D eigenvalue weighted by molar-refractivity contribution is 5.73. The van der Waals surface area contributed by atoms with E-state index in [4.69, 9.17) is 29.3 Å². The quantitative estimate of drug-likeness (QED) is 0.590. The fraction of sp³-hybridized carbons (Fsp3) is 0.562. The molecule has 2 saturated heterocycles. The normalized spacial score (nSPS) is 23.1. The summed E-state index contributed by atoms with van der Waals surface area (Å²) in [6.45, 7) is 2.70. The smallest absolute Gasteiger partial charge is 0.486 e. The third kappa shape index (κ3) is 8.82. The molecule has 2 aliphatic heterocycles. The van der Waals surface area contributed by atoms with E-state index < -0.39 is 24.3 Å². The van der Waals surface area contributed by atoms with Crippen molar-refractivity contribution in [3.63, 3.8) is 0 Å². The standard InChI is InChI=1S/C12H16N2O2.2C2HF3O2/c1-2-10(7-13-4-1)16-11-6-12(15-8-11)3-5-14-9-12;2*3-2(4,5)1(6)7/h1-2,4,7,11,14H,3,5-6,8-9H2;2*(H,6,7). The van der Waals surface area contributed by atoms with Gasteiger partial charge >= 0.3 is 24.3 Å². The van der Waals surface area contributed by atoms with Gasteiger partial charge in [-0.3, -0.25) is 4.98 Å². The van der Waals surface area contributed by atoms with Crippen LogP contribution in [-0.4, -0.2) is 70.9 Å². The van der Waals surface area contributed by atoms with Crippen molar-refractivity contribution in [2.24, 2.45) is 0 Å². The second-order valence-corrected chi connectivity index (χ2v) is 6.16. The molecule has 0 amide bonds. The lowest BCUT2D eigenvalue weighted by Crippen LogP contribution is -2.31. The highest BCUT2D eigenvalue weighted by Crippen LogP contribution is 2.33. The largest absolute Gasteiger partial charge is 0.490 e. The van der Waals surface area contributed by atoms with E-state index in [1.165, 1.54) is 0 Å². The van der Waals surface area contributed by atoms with Crippen molar-refractivity contribution in [2.45, 2.75) is 36.9 Å². The summed E-state index contributed by atoms with van der Waals surface area (Å²) in [6, 6.07) is 3.82. The summed E-state index contributed by atoms with van der Waals surface area (Å²) in [7, 11) is 0. The number of carboxylic acid groups (broad SMARTS) is 2. The van der Waals surface area contributed by atoms with Crippen molar-refractivity contribution in [3.8, 4) is 5.75 Å². The van der Waals surface area contributed by atoms with Crippen LogP contribution in [0, 0.1) is 0 Å². The van der Waals surface area contributed by atoms with Crippen LogP contribution in [0.1, 0.15) is 12.8 Å². The molecule has 170 valence electrons. The Balaban J connectivity index is 0.000000271. The zero-order chi connectivity index (χ0) is 23.0. The van der Waals surface area contributed by atoms with Crippen LogP contribution in [0.25, 0.3) is 0 Å². The second-order valence-electron chi connectivity index (χ2n) is 6.16. The fourth-order valence-electron chi connectivity index (χ4n) is 2.51. The number of aromatic nitrogens is 1. The molecule has 8 nitrogen and oxygen atoms in total. The van der Waals surface area contributed by atoms with Gasteiger partial charge < -0.3 is 25.0 Å². The number of nitrogens with one attached hydrogen (secondary N) is 1. The molecule has 1 aromatic rings. The van der Waals surface area contributed by atoms with E-state index in [1.54, 1.807) is 12.4 Å². The highest BCUT2D eigenvalue weighted by Gasteiger charge is 2.43. The summed E-state index contributed by atoms with van der Waals surface area (Å²) >= 11 is 0. The maximum absolute atomic E-state index is 10.6. The van der Waals surface area contributed by atoms with Crippen molar-refractivity contribution in [1.82, 2.24) is 10.3 Å². The minimum atomic E-state index is -5.08. The average molecular weight is 448 g/mol. The Morgan fingerprint density at radius 2 is 1.73 bits per heavy atom. The molecule has 1 spiro atoms. The van der Waals surface area contributed by atoms with Gasteiger partial charge in [-0.2, -0.15) is 26.3 Å². The van der Waals surface area contributed by atoms with Crippen LogP contribution in [0.3, 0.4) is 0 Å². The number of hydrogen-bond donors (Lipinski definition) is 3. The van der Waals surface area contributed by atoms with Crippen LogP contribution in [0.5, 0.6) is 5.75 Å². The number of rotatable bonds is 2. The Labute approximate surface area is 165 Å². The number of hydrogen-bond acceptors (Lipinski definition) is 6. The average Bonchev–Trinajstić information content (AvgIpc) is 3.25. The Bertz CT molecular complexity index is 668. The first-order valence-corrected chi connectivity index (χ1v) is 8.27. The van der Waals surface area contributed by atoms with E-state index in [0.29, 0.717) is 6.61 Å². The molecule has 2 atom stereocenters. The third-order valence-electron chi connectivity index (χ3n) is 3.80. The minimum absolute atomic E-state index is 0.0346. The van der Waals surface area contributed by atoms with Gasteiger partial charge in [0, 0.05) is 19.2 Å². The molecule has 2 aliphatic rings. The number of carbonyl (C=O) groups is 2. The van der Waals surface area contributed by atoms with Gasteiger partial charge in [-0.25, -0.2) is 9.59 Å². The van der Waals surface area contributed by atoms with Gasteiger partial charge in [-0.15, -0.1) is 0 Å². The number of aliphatic carboxylic acids is 2. The van der Waals surface area contributed by atoms with Gasteiger partial charge in [0.05, 0.1) is 18.4 Å². The molecule has 3 N–H and O–H groups in total. The van der Waals surface area contributed by atoms with E-state index in [1.807, 2.05) is 12.1 Å². The lowest BCUT2D eigenvalue weighted by atomic mass is 9.98. The molecule has 30 heavy (non-hydrogen) atoms. The summed E-state index contributed by atoms with van der Waals surface area (Å²) < 4.78 is 75.2. The summed E-state index contributed by atoms with van der Waals surface area (Å²) in [5, 5.41) is 17.6. The molecule has 3 rings (SSSR count). The first-order valence-electron chi connectivity index (χ1n) is 8.27. The molecule has 0 aromatic carbocycles. The summed E-state index contributed by atoms with van der Waals surface area (Å²) in [5.41, 5.74) is 0.0346. The molecule has 1 aromatic heterocycles. The molecule has 0 radical (unpaired) electrons. The topological polar surface area (TPSA) is 118 Å². The molecule has 3 heterocycles. The molecular weight excluding hydrogens is 430 g/mol. The monoisotopic (exact) mass is 448 g/mol. The van der Waals surface area contributed by atoms with Crippen LogP contribution in [0.2, 0.25) is 0 Å². The third-order valence-corrected chi connectivity index (χ3v) is 3.80. The van der Waals surface area contributed by atoms with E-state index in [-0.39, 0.29) is 11.7 Å². The van der Waals surface area contributed by atoms with Crippen LogP contribution < -0.4 is 10.1 Å². The molecule has 2 fully saturated rings. The van der Waals surface area contributed by atoms with E-state index in [0.717, 1.165) is 31.7 Å². The van der Waals surface area contributed by atoms with Crippen molar-refractivity contribution in [1.29, 1.82) is 0 Å². The predicted octanol–water partition coefficient (Wildman–Crippen LogP) is 2.25. The van der Waals surface area contributed by atoms with Crippen molar-refractivity contribution >= 4 is 11.9 Å².